The third kappa shape index (κ3) is 3.26. The Hall–Kier alpha value is -1.56. The van der Waals surface area contributed by atoms with Crippen molar-refractivity contribution in [1.29, 1.82) is 0 Å². The Bertz CT molecular complexity index is 475. The summed E-state index contributed by atoms with van der Waals surface area (Å²) in [5.41, 5.74) is 0.406. The summed E-state index contributed by atoms with van der Waals surface area (Å²) in [6.45, 7) is 3.58. The summed E-state index contributed by atoms with van der Waals surface area (Å²) in [5, 5.41) is 9.27. The summed E-state index contributed by atoms with van der Waals surface area (Å²) in [6.07, 6.45) is 2.27. The average Bonchev–Trinajstić information content (AvgIpc) is 2.46. The highest BCUT2D eigenvalue weighted by molar-refractivity contribution is 8.00. The van der Waals surface area contributed by atoms with Crippen LogP contribution in [0, 0.1) is 0 Å². The third-order valence-electron chi connectivity index (χ3n) is 3.11. The second kappa shape index (κ2) is 6.06. The van der Waals surface area contributed by atoms with E-state index in [1.807, 2.05) is 11.8 Å². The summed E-state index contributed by atoms with van der Waals surface area (Å²) in [6, 6.07) is 2.90. The van der Waals surface area contributed by atoms with Gasteiger partial charge in [0.25, 0.3) is 5.91 Å². The van der Waals surface area contributed by atoms with Crippen molar-refractivity contribution in [3.63, 3.8) is 0 Å². The van der Waals surface area contributed by atoms with Crippen LogP contribution in [0.1, 0.15) is 34.2 Å². The normalized spacial score (nSPS) is 19.2. The molecule has 1 aliphatic heterocycles. The van der Waals surface area contributed by atoms with Gasteiger partial charge in [0.1, 0.15) is 5.69 Å². The fourth-order valence-electron chi connectivity index (χ4n) is 1.96. The van der Waals surface area contributed by atoms with E-state index in [2.05, 4.69) is 11.9 Å². The minimum atomic E-state index is -1.04. The zero-order valence-corrected chi connectivity index (χ0v) is 11.5. The van der Waals surface area contributed by atoms with Gasteiger partial charge in [-0.3, -0.25) is 9.78 Å². The third-order valence-corrected chi connectivity index (χ3v) is 4.48. The molecule has 1 aliphatic rings. The first kappa shape index (κ1) is 13.9. The molecular weight excluding hydrogens is 264 g/mol. The molecule has 0 bridgehead atoms. The summed E-state index contributed by atoms with van der Waals surface area (Å²) in [4.78, 5) is 28.7. The number of carboxylic acids is 1. The number of rotatable bonds is 3. The number of thioether (sulfide) groups is 1. The number of nitrogens with zero attached hydrogens (tertiary/aromatic N) is 2. The number of aromatic nitrogens is 1. The van der Waals surface area contributed by atoms with Crippen LogP contribution in [0.5, 0.6) is 0 Å². The molecule has 0 aromatic carbocycles. The van der Waals surface area contributed by atoms with Gasteiger partial charge in [0.2, 0.25) is 0 Å². The van der Waals surface area contributed by atoms with E-state index >= 15 is 0 Å². The largest absolute Gasteiger partial charge is 0.478 e. The zero-order valence-electron chi connectivity index (χ0n) is 10.7. The molecule has 1 amide bonds. The van der Waals surface area contributed by atoms with Gasteiger partial charge in [-0.2, -0.15) is 11.8 Å². The van der Waals surface area contributed by atoms with E-state index in [9.17, 15) is 9.59 Å². The van der Waals surface area contributed by atoms with Gasteiger partial charge in [-0.15, -0.1) is 0 Å². The quantitative estimate of drug-likeness (QED) is 0.913. The molecule has 2 heterocycles. The zero-order chi connectivity index (χ0) is 13.8. The number of carbonyl (C=O) groups is 2. The predicted molar refractivity (Wildman–Crippen MR) is 73.6 cm³/mol. The van der Waals surface area contributed by atoms with Crippen molar-refractivity contribution < 1.29 is 14.7 Å². The van der Waals surface area contributed by atoms with Crippen molar-refractivity contribution in [3.8, 4) is 0 Å². The molecule has 6 heteroatoms. The van der Waals surface area contributed by atoms with Gasteiger partial charge in [-0.1, -0.05) is 6.92 Å². The lowest BCUT2D eigenvalue weighted by atomic mass is 10.2. The lowest BCUT2D eigenvalue weighted by Gasteiger charge is -2.31. The van der Waals surface area contributed by atoms with Crippen LogP contribution < -0.4 is 0 Å². The van der Waals surface area contributed by atoms with Crippen molar-refractivity contribution in [1.82, 2.24) is 9.88 Å². The number of aromatic carboxylic acids is 1. The maximum atomic E-state index is 12.2. The Morgan fingerprint density at radius 3 is 2.89 bits per heavy atom. The van der Waals surface area contributed by atoms with Crippen LogP contribution in [0.2, 0.25) is 0 Å². The van der Waals surface area contributed by atoms with Crippen LogP contribution in [0.4, 0.5) is 0 Å². The molecule has 1 aromatic rings. The minimum Gasteiger partial charge on any atom is -0.478 e. The van der Waals surface area contributed by atoms with Gasteiger partial charge in [-0.25, -0.2) is 4.79 Å². The van der Waals surface area contributed by atoms with E-state index in [0.29, 0.717) is 10.9 Å². The Morgan fingerprint density at radius 2 is 2.32 bits per heavy atom. The van der Waals surface area contributed by atoms with Crippen molar-refractivity contribution >= 4 is 23.6 Å². The maximum absolute atomic E-state index is 12.2. The fourth-order valence-corrected chi connectivity index (χ4v) is 3.14. The van der Waals surface area contributed by atoms with E-state index in [4.69, 9.17) is 5.11 Å². The number of pyridine rings is 1. The Kier molecular flexibility index (Phi) is 4.42. The first-order valence-corrected chi connectivity index (χ1v) is 7.27. The molecule has 5 nitrogen and oxygen atoms in total. The lowest BCUT2D eigenvalue weighted by molar-refractivity contribution is 0.0692. The number of hydrogen-bond acceptors (Lipinski definition) is 4. The van der Waals surface area contributed by atoms with E-state index in [-0.39, 0.29) is 11.5 Å². The topological polar surface area (TPSA) is 70.5 Å². The fraction of sp³-hybridized carbons (Fsp3) is 0.462. The standard InChI is InChI=1S/C13H16N2O3S/c1-2-10-8-15(5-6-19-10)12(16)11-4-3-9(7-14-11)13(17)18/h3-4,7,10H,2,5-6,8H2,1H3,(H,17,18). The molecule has 0 spiro atoms. The summed E-state index contributed by atoms with van der Waals surface area (Å²) < 4.78 is 0. The van der Waals surface area contributed by atoms with Gasteiger partial charge in [-0.05, 0) is 18.6 Å². The van der Waals surface area contributed by atoms with Crippen molar-refractivity contribution in [2.45, 2.75) is 18.6 Å². The molecule has 19 heavy (non-hydrogen) atoms. The summed E-state index contributed by atoms with van der Waals surface area (Å²) in [5.74, 6) is -0.208. The Labute approximate surface area is 116 Å². The molecule has 0 saturated carbocycles. The second-order valence-corrected chi connectivity index (χ2v) is 5.80. The number of hydrogen-bond donors (Lipinski definition) is 1. The molecule has 1 atom stereocenters. The van der Waals surface area contributed by atoms with Crippen LogP contribution in [0.15, 0.2) is 18.3 Å². The first-order chi connectivity index (χ1) is 9.11. The van der Waals surface area contributed by atoms with Gasteiger partial charge < -0.3 is 10.0 Å². The van der Waals surface area contributed by atoms with Crippen LogP contribution in [-0.4, -0.2) is 51.0 Å². The molecule has 102 valence electrons. The van der Waals surface area contributed by atoms with E-state index in [1.165, 1.54) is 18.3 Å². The van der Waals surface area contributed by atoms with Crippen LogP contribution in [-0.2, 0) is 0 Å². The number of carboxylic acid groups (broad SMARTS) is 1. The molecule has 2 rings (SSSR count). The SMILES string of the molecule is CCC1CN(C(=O)c2ccc(C(=O)O)cn2)CCS1. The highest BCUT2D eigenvalue weighted by atomic mass is 32.2. The van der Waals surface area contributed by atoms with E-state index in [1.54, 1.807) is 4.90 Å². The van der Waals surface area contributed by atoms with Crippen molar-refractivity contribution in [3.05, 3.63) is 29.6 Å². The van der Waals surface area contributed by atoms with Crippen LogP contribution in [0.25, 0.3) is 0 Å². The number of carbonyl (C=O) groups excluding carboxylic acids is 1. The molecular formula is C13H16N2O3S. The Balaban J connectivity index is 2.08. The molecule has 1 saturated heterocycles. The van der Waals surface area contributed by atoms with Gasteiger partial charge >= 0.3 is 5.97 Å². The highest BCUT2D eigenvalue weighted by Gasteiger charge is 2.24. The lowest BCUT2D eigenvalue weighted by Crippen LogP contribution is -2.42. The van der Waals surface area contributed by atoms with E-state index < -0.39 is 5.97 Å². The number of amides is 1. The molecule has 1 aromatic heterocycles. The minimum absolute atomic E-state index is 0.0946. The van der Waals surface area contributed by atoms with Gasteiger partial charge in [0.05, 0.1) is 5.56 Å². The van der Waals surface area contributed by atoms with Crippen molar-refractivity contribution in [2.75, 3.05) is 18.8 Å². The van der Waals surface area contributed by atoms with Crippen LogP contribution in [0.3, 0.4) is 0 Å². The summed E-state index contributed by atoms with van der Waals surface area (Å²) >= 11 is 1.89. The monoisotopic (exact) mass is 280 g/mol. The molecule has 0 radical (unpaired) electrons. The van der Waals surface area contributed by atoms with Gasteiger partial charge in [0.15, 0.2) is 0 Å². The maximum Gasteiger partial charge on any atom is 0.337 e. The van der Waals surface area contributed by atoms with E-state index in [0.717, 1.165) is 25.3 Å². The predicted octanol–water partition coefficient (Wildman–Crippen LogP) is 1.75. The average molecular weight is 280 g/mol. The summed E-state index contributed by atoms with van der Waals surface area (Å²) in [7, 11) is 0. The van der Waals surface area contributed by atoms with Gasteiger partial charge in [0, 0.05) is 30.3 Å². The first-order valence-electron chi connectivity index (χ1n) is 6.22. The second-order valence-electron chi connectivity index (χ2n) is 4.39. The highest BCUT2D eigenvalue weighted by Crippen LogP contribution is 2.22. The smallest absolute Gasteiger partial charge is 0.337 e. The molecule has 0 aliphatic carbocycles. The van der Waals surface area contributed by atoms with Crippen molar-refractivity contribution in [2.24, 2.45) is 0 Å². The molecule has 1 unspecified atom stereocenters. The molecule has 1 N–H and O–H groups in total. The van der Waals surface area contributed by atoms with Crippen LogP contribution >= 0.6 is 11.8 Å². The Morgan fingerprint density at radius 1 is 1.53 bits per heavy atom. The molecule has 1 fully saturated rings.